The molecule has 2 fully saturated rings. The number of methoxy groups -OCH3 is 1. The Hall–Kier alpha value is -2.21. The lowest BCUT2D eigenvalue weighted by atomic mass is 9.77. The molecule has 1 aromatic carbocycles. The van der Waals surface area contributed by atoms with Crippen LogP contribution in [0.1, 0.15) is 30.5 Å². The van der Waals surface area contributed by atoms with Crippen LogP contribution in [0.15, 0.2) is 29.2 Å². The number of nitrogens with one attached hydrogen (secondary N) is 1. The number of fused-ring (bicyclic) bond motifs is 1. The van der Waals surface area contributed by atoms with E-state index < -0.39 is 28.9 Å². The van der Waals surface area contributed by atoms with Crippen LogP contribution in [0.5, 0.6) is 5.75 Å². The summed E-state index contributed by atoms with van der Waals surface area (Å²) in [5.41, 5.74) is 0.580. The van der Waals surface area contributed by atoms with Gasteiger partial charge in [-0.2, -0.15) is 13.8 Å². The third kappa shape index (κ3) is 4.01. The number of halogens is 2. The zero-order valence-electron chi connectivity index (χ0n) is 18.2. The van der Waals surface area contributed by atoms with Crippen molar-refractivity contribution in [1.29, 1.82) is 0 Å². The molecule has 0 bridgehead atoms. The van der Waals surface area contributed by atoms with Gasteiger partial charge >= 0.3 is 6.61 Å². The topological polar surface area (TPSA) is 103 Å². The van der Waals surface area contributed by atoms with Crippen molar-refractivity contribution >= 4 is 22.9 Å². The average Bonchev–Trinajstić information content (AvgIpc) is 3.12. The van der Waals surface area contributed by atoms with Gasteiger partial charge in [-0.15, -0.1) is 0 Å². The lowest BCUT2D eigenvalue weighted by Crippen LogP contribution is -2.61. The maximum Gasteiger partial charge on any atom is 0.387 e. The number of aromatic nitrogens is 2. The van der Waals surface area contributed by atoms with Crippen molar-refractivity contribution in [1.82, 2.24) is 9.97 Å². The van der Waals surface area contributed by atoms with Crippen molar-refractivity contribution in [2.75, 3.05) is 42.8 Å². The second-order valence-corrected chi connectivity index (χ2v) is 10.3. The van der Waals surface area contributed by atoms with E-state index in [9.17, 15) is 18.4 Å². The quantitative estimate of drug-likeness (QED) is 0.556. The summed E-state index contributed by atoms with van der Waals surface area (Å²) in [6.45, 7) is -1.92. The number of aliphatic hydroxyl groups excluding tert-OH is 1. The van der Waals surface area contributed by atoms with E-state index >= 15 is 0 Å². The van der Waals surface area contributed by atoms with Gasteiger partial charge < -0.3 is 29.3 Å². The van der Waals surface area contributed by atoms with E-state index in [1.165, 1.54) is 12.1 Å². The number of ether oxygens (including phenoxy) is 2. The molecule has 1 aliphatic carbocycles. The molecule has 1 aromatic heterocycles. The number of anilines is 2. The molecule has 2 N–H and O–H groups in total. The Kier molecular flexibility index (Phi) is 5.84. The monoisotopic (exact) mass is 480 g/mol. The van der Waals surface area contributed by atoms with Crippen molar-refractivity contribution in [3.63, 3.8) is 0 Å². The van der Waals surface area contributed by atoms with Gasteiger partial charge in [-0.3, -0.25) is 0 Å². The first kappa shape index (κ1) is 22.6. The fourth-order valence-electron chi connectivity index (χ4n) is 4.67. The molecule has 178 valence electrons. The minimum atomic E-state index is -2.87. The van der Waals surface area contributed by atoms with Crippen LogP contribution in [0.2, 0.25) is 0 Å². The third-order valence-electron chi connectivity index (χ3n) is 6.84. The van der Waals surface area contributed by atoms with Gasteiger partial charge in [0.05, 0.1) is 25.2 Å². The third-order valence-corrected chi connectivity index (χ3v) is 8.30. The first-order valence-electron chi connectivity index (χ1n) is 10.9. The van der Waals surface area contributed by atoms with Gasteiger partial charge in [0.1, 0.15) is 22.8 Å². The smallest absolute Gasteiger partial charge is 0.387 e. The highest BCUT2D eigenvalue weighted by Crippen LogP contribution is 2.42. The Morgan fingerprint density at radius 2 is 1.97 bits per heavy atom. The summed E-state index contributed by atoms with van der Waals surface area (Å²) >= 11 is -1.16. The number of benzene rings is 1. The summed E-state index contributed by atoms with van der Waals surface area (Å²) in [6.07, 6.45) is 3.32. The summed E-state index contributed by atoms with van der Waals surface area (Å²) < 4.78 is 47.7. The lowest BCUT2D eigenvalue weighted by Gasteiger charge is -2.49. The van der Waals surface area contributed by atoms with Crippen LogP contribution in [0.25, 0.3) is 0 Å². The normalized spacial score (nSPS) is 22.5. The first-order valence-corrected chi connectivity index (χ1v) is 12.2. The molecule has 0 spiro atoms. The molecule has 33 heavy (non-hydrogen) atoms. The second kappa shape index (κ2) is 8.53. The molecule has 0 unspecified atom stereocenters. The summed E-state index contributed by atoms with van der Waals surface area (Å²) in [7, 11) is 1.61. The van der Waals surface area contributed by atoms with Gasteiger partial charge in [0, 0.05) is 13.5 Å². The molecule has 5 rings (SSSR count). The molecule has 8 nitrogen and oxygen atoms in total. The maximum atomic E-state index is 12.6. The summed E-state index contributed by atoms with van der Waals surface area (Å²) in [5, 5.41) is 13.3. The standard InChI is InChI=1S/C22H26F2N4O4S/c1-31-22(14-3-5-15(6-4-14)32-19(23)24)11-28(12-22)20-25-16-7-10-33(30)17(16)18(26-20)27-21(13-29)8-2-9-21/h3-6,19,29H,2,7-13H2,1H3,(H,25,26,27)/t33-/m1/s1. The predicted octanol–water partition coefficient (Wildman–Crippen LogP) is 2.43. The fourth-order valence-corrected chi connectivity index (χ4v) is 5.97. The number of hydrogen-bond acceptors (Lipinski definition) is 8. The van der Waals surface area contributed by atoms with Crippen molar-refractivity contribution in [3.05, 3.63) is 35.5 Å². The van der Waals surface area contributed by atoms with Crippen LogP contribution in [-0.4, -0.2) is 64.3 Å². The number of rotatable bonds is 8. The Bertz CT molecular complexity index is 1010. The fraction of sp³-hybridized carbons (Fsp3) is 0.545. The molecule has 3 aliphatic rings. The minimum absolute atomic E-state index is 0.00445. The van der Waals surface area contributed by atoms with Crippen LogP contribution in [0.4, 0.5) is 20.5 Å². The molecule has 1 saturated heterocycles. The van der Waals surface area contributed by atoms with Crippen molar-refractivity contribution in [2.45, 2.75) is 48.3 Å². The van der Waals surface area contributed by atoms with Crippen LogP contribution < -0.4 is 15.0 Å². The molecule has 3 heterocycles. The number of aryl methyl sites for hydroxylation is 1. The van der Waals surface area contributed by atoms with Gasteiger partial charge in [0.2, 0.25) is 10.8 Å². The molecule has 2 aliphatic heterocycles. The van der Waals surface area contributed by atoms with Crippen LogP contribution in [0.3, 0.4) is 0 Å². The van der Waals surface area contributed by atoms with E-state index in [2.05, 4.69) is 15.0 Å². The van der Waals surface area contributed by atoms with Crippen molar-refractivity contribution in [3.8, 4) is 5.75 Å². The SMILES string of the molecule is COC1(c2ccc(OC(F)F)cc2)CN(c2nc3c(c(NC4(CO)CCC4)n2)[S@+]([O-])CC3)C1. The molecule has 1 saturated carbocycles. The summed E-state index contributed by atoms with van der Waals surface area (Å²) in [5.74, 6) is 1.68. The second-order valence-electron chi connectivity index (χ2n) is 8.82. The Balaban J connectivity index is 1.38. The number of alkyl halides is 2. The summed E-state index contributed by atoms with van der Waals surface area (Å²) in [4.78, 5) is 12.0. The largest absolute Gasteiger partial charge is 0.611 e. The Labute approximate surface area is 193 Å². The first-order chi connectivity index (χ1) is 15.9. The van der Waals surface area contributed by atoms with Crippen molar-refractivity contribution in [2.24, 2.45) is 0 Å². The van der Waals surface area contributed by atoms with Crippen LogP contribution in [-0.2, 0) is 27.9 Å². The molecule has 11 heteroatoms. The van der Waals surface area contributed by atoms with E-state index in [-0.39, 0.29) is 12.4 Å². The Morgan fingerprint density at radius 1 is 1.24 bits per heavy atom. The van der Waals surface area contributed by atoms with Gasteiger partial charge in [0.25, 0.3) is 0 Å². The lowest BCUT2D eigenvalue weighted by molar-refractivity contribution is -0.0503. The maximum absolute atomic E-state index is 12.6. The van der Waals surface area contributed by atoms with Crippen LogP contribution >= 0.6 is 0 Å². The number of nitrogens with zero attached hydrogens (tertiary/aromatic N) is 3. The van der Waals surface area contributed by atoms with E-state index in [4.69, 9.17) is 9.72 Å². The molecule has 0 amide bonds. The Morgan fingerprint density at radius 3 is 2.55 bits per heavy atom. The van der Waals surface area contributed by atoms with Crippen molar-refractivity contribution < 1.29 is 27.9 Å². The minimum Gasteiger partial charge on any atom is -0.611 e. The highest BCUT2D eigenvalue weighted by molar-refractivity contribution is 7.91. The van der Waals surface area contributed by atoms with Gasteiger partial charge in [-0.1, -0.05) is 12.1 Å². The zero-order chi connectivity index (χ0) is 23.2. The number of hydrogen-bond donors (Lipinski definition) is 2. The zero-order valence-corrected chi connectivity index (χ0v) is 19.0. The van der Waals surface area contributed by atoms with E-state index in [0.717, 1.165) is 30.5 Å². The van der Waals surface area contributed by atoms with Gasteiger partial charge in [-0.05, 0) is 48.1 Å². The van der Waals surface area contributed by atoms with Gasteiger partial charge in [0.15, 0.2) is 5.82 Å². The molecular formula is C22H26F2N4O4S. The number of aliphatic hydroxyl groups is 1. The molecular weight excluding hydrogens is 454 g/mol. The average molecular weight is 481 g/mol. The summed E-state index contributed by atoms with van der Waals surface area (Å²) in [6, 6.07) is 6.45. The van der Waals surface area contributed by atoms with E-state index in [1.54, 1.807) is 19.2 Å². The van der Waals surface area contributed by atoms with E-state index in [1.807, 2.05) is 4.90 Å². The van der Waals surface area contributed by atoms with Crippen LogP contribution in [0, 0.1) is 0 Å². The highest BCUT2D eigenvalue weighted by Gasteiger charge is 2.47. The van der Waals surface area contributed by atoms with E-state index in [0.29, 0.717) is 41.9 Å². The highest BCUT2D eigenvalue weighted by atomic mass is 32.2. The molecule has 1 atom stereocenters. The molecule has 2 aromatic rings. The van der Waals surface area contributed by atoms with Gasteiger partial charge in [-0.25, -0.2) is 4.98 Å². The molecule has 0 radical (unpaired) electrons. The predicted molar refractivity (Wildman–Crippen MR) is 118 cm³/mol.